The number of rotatable bonds is 4. The molecule has 1 atom stereocenters. The zero-order valence-corrected chi connectivity index (χ0v) is 14.3. The molecule has 4 nitrogen and oxygen atoms in total. The van der Waals surface area contributed by atoms with Crippen molar-refractivity contribution in [3.8, 4) is 0 Å². The summed E-state index contributed by atoms with van der Waals surface area (Å²) in [5, 5.41) is 0. The van der Waals surface area contributed by atoms with Crippen molar-refractivity contribution in [2.45, 2.75) is 70.4 Å². The molecule has 0 aromatic rings. The number of piperidine rings is 1. The van der Waals surface area contributed by atoms with Gasteiger partial charge in [0.25, 0.3) is 0 Å². The van der Waals surface area contributed by atoms with E-state index in [4.69, 9.17) is 0 Å². The zero-order valence-electron chi connectivity index (χ0n) is 14.3. The van der Waals surface area contributed by atoms with E-state index in [0.717, 1.165) is 45.2 Å². The van der Waals surface area contributed by atoms with Crippen molar-refractivity contribution in [2.24, 2.45) is 0 Å². The topological polar surface area (TPSA) is 26.8 Å². The van der Waals surface area contributed by atoms with Gasteiger partial charge in [0, 0.05) is 44.8 Å². The summed E-state index contributed by atoms with van der Waals surface area (Å²) in [5.74, 6) is 0.376. The highest BCUT2D eigenvalue weighted by Gasteiger charge is 2.29. The van der Waals surface area contributed by atoms with Gasteiger partial charge < -0.3 is 4.90 Å². The second-order valence-electron chi connectivity index (χ2n) is 7.40. The van der Waals surface area contributed by atoms with Gasteiger partial charge in [0.15, 0.2) is 0 Å². The number of carbonyl (C=O) groups excluding carboxylic acids is 1. The number of hydrogen-bond acceptors (Lipinski definition) is 3. The Bertz CT molecular complexity index is 359. The Labute approximate surface area is 135 Å². The Morgan fingerprint density at radius 2 is 1.59 bits per heavy atom. The standard InChI is InChI=1S/C18H33N3O/c1-2-16-7-5-6-10-21(16)18(22)15-19-11-13-20(14-12-19)17-8-3-4-9-17/h16-17H,2-15H2,1H3/t16-/m1/s1. The third-order valence-corrected chi connectivity index (χ3v) is 6.03. The third kappa shape index (κ3) is 3.83. The van der Waals surface area contributed by atoms with Crippen LogP contribution in [-0.4, -0.2) is 72.0 Å². The van der Waals surface area contributed by atoms with Gasteiger partial charge in [-0.2, -0.15) is 0 Å². The Morgan fingerprint density at radius 3 is 2.27 bits per heavy atom. The molecule has 0 radical (unpaired) electrons. The second-order valence-corrected chi connectivity index (χ2v) is 7.40. The summed E-state index contributed by atoms with van der Waals surface area (Å²) in [5.41, 5.74) is 0. The quantitative estimate of drug-likeness (QED) is 0.797. The lowest BCUT2D eigenvalue weighted by molar-refractivity contribution is -0.136. The fraction of sp³-hybridized carbons (Fsp3) is 0.944. The van der Waals surface area contributed by atoms with Crippen LogP contribution in [0, 0.1) is 0 Å². The zero-order chi connectivity index (χ0) is 15.4. The molecule has 22 heavy (non-hydrogen) atoms. The van der Waals surface area contributed by atoms with E-state index >= 15 is 0 Å². The number of likely N-dealkylation sites (tertiary alicyclic amines) is 1. The minimum Gasteiger partial charge on any atom is -0.339 e. The van der Waals surface area contributed by atoms with Gasteiger partial charge in [-0.25, -0.2) is 0 Å². The Morgan fingerprint density at radius 1 is 0.909 bits per heavy atom. The van der Waals surface area contributed by atoms with Gasteiger partial charge in [0.2, 0.25) is 5.91 Å². The summed E-state index contributed by atoms with van der Waals surface area (Å²) < 4.78 is 0. The molecule has 3 aliphatic rings. The first-order valence-corrected chi connectivity index (χ1v) is 9.54. The number of nitrogens with zero attached hydrogens (tertiary/aromatic N) is 3. The van der Waals surface area contributed by atoms with Crippen molar-refractivity contribution in [1.29, 1.82) is 0 Å². The predicted octanol–water partition coefficient (Wildman–Crippen LogP) is 2.34. The Balaban J connectivity index is 1.44. The number of piperazine rings is 1. The minimum atomic E-state index is 0.376. The van der Waals surface area contributed by atoms with Crippen LogP contribution < -0.4 is 0 Å². The molecule has 2 aliphatic heterocycles. The Hall–Kier alpha value is -0.610. The first-order valence-electron chi connectivity index (χ1n) is 9.54. The number of carbonyl (C=O) groups is 1. The van der Waals surface area contributed by atoms with Gasteiger partial charge >= 0.3 is 0 Å². The van der Waals surface area contributed by atoms with Crippen LogP contribution in [-0.2, 0) is 4.79 Å². The smallest absolute Gasteiger partial charge is 0.236 e. The minimum absolute atomic E-state index is 0.376. The van der Waals surface area contributed by atoms with Gasteiger partial charge in [-0.1, -0.05) is 19.8 Å². The lowest BCUT2D eigenvalue weighted by atomic mass is 10.00. The van der Waals surface area contributed by atoms with Gasteiger partial charge in [0.05, 0.1) is 6.54 Å². The van der Waals surface area contributed by atoms with Crippen molar-refractivity contribution in [2.75, 3.05) is 39.3 Å². The first kappa shape index (κ1) is 16.3. The van der Waals surface area contributed by atoms with E-state index in [0.29, 0.717) is 18.5 Å². The maximum absolute atomic E-state index is 12.6. The molecule has 0 aromatic heterocycles. The molecule has 1 amide bonds. The molecule has 0 unspecified atom stereocenters. The molecule has 2 heterocycles. The van der Waals surface area contributed by atoms with Crippen molar-refractivity contribution >= 4 is 5.91 Å². The summed E-state index contributed by atoms with van der Waals surface area (Å²) in [6.07, 6.45) is 10.4. The van der Waals surface area contributed by atoms with Gasteiger partial charge in [-0.05, 0) is 38.5 Å². The average Bonchev–Trinajstić information content (AvgIpc) is 3.10. The molecule has 2 saturated heterocycles. The van der Waals surface area contributed by atoms with Crippen LogP contribution in [0.25, 0.3) is 0 Å². The van der Waals surface area contributed by atoms with Gasteiger partial charge in [0.1, 0.15) is 0 Å². The third-order valence-electron chi connectivity index (χ3n) is 6.03. The molecule has 0 spiro atoms. The molecule has 0 N–H and O–H groups in total. The second kappa shape index (κ2) is 7.78. The lowest BCUT2D eigenvalue weighted by Crippen LogP contribution is -2.53. The van der Waals surface area contributed by atoms with Crippen LogP contribution in [0.3, 0.4) is 0 Å². The van der Waals surface area contributed by atoms with Crippen molar-refractivity contribution in [3.63, 3.8) is 0 Å². The van der Waals surface area contributed by atoms with E-state index in [9.17, 15) is 4.79 Å². The maximum atomic E-state index is 12.6. The fourth-order valence-corrected chi connectivity index (χ4v) is 4.59. The molecule has 0 bridgehead atoms. The number of amides is 1. The predicted molar refractivity (Wildman–Crippen MR) is 89.9 cm³/mol. The molecule has 1 aliphatic carbocycles. The van der Waals surface area contributed by atoms with E-state index in [1.807, 2.05) is 0 Å². The highest BCUT2D eigenvalue weighted by molar-refractivity contribution is 5.78. The molecule has 1 saturated carbocycles. The fourth-order valence-electron chi connectivity index (χ4n) is 4.59. The highest BCUT2D eigenvalue weighted by atomic mass is 16.2. The SMILES string of the molecule is CC[C@@H]1CCCCN1C(=O)CN1CCN(C2CCCC2)CC1. The van der Waals surface area contributed by atoms with Crippen LogP contribution in [0.2, 0.25) is 0 Å². The van der Waals surface area contributed by atoms with Crippen LogP contribution in [0.4, 0.5) is 0 Å². The van der Waals surface area contributed by atoms with E-state index < -0.39 is 0 Å². The van der Waals surface area contributed by atoms with Crippen LogP contribution in [0.5, 0.6) is 0 Å². The summed E-state index contributed by atoms with van der Waals surface area (Å²) >= 11 is 0. The Kier molecular flexibility index (Phi) is 5.75. The molecule has 3 rings (SSSR count). The summed E-state index contributed by atoms with van der Waals surface area (Å²) in [6, 6.07) is 1.34. The summed E-state index contributed by atoms with van der Waals surface area (Å²) in [4.78, 5) is 19.9. The average molecular weight is 307 g/mol. The normalized spacial score (nSPS) is 29.1. The highest BCUT2D eigenvalue weighted by Crippen LogP contribution is 2.24. The lowest BCUT2D eigenvalue weighted by Gasteiger charge is -2.40. The van der Waals surface area contributed by atoms with Crippen molar-refractivity contribution in [3.05, 3.63) is 0 Å². The molecule has 126 valence electrons. The monoisotopic (exact) mass is 307 g/mol. The molecular weight excluding hydrogens is 274 g/mol. The molecule has 3 fully saturated rings. The molecule has 0 aromatic carbocycles. The van der Waals surface area contributed by atoms with Crippen LogP contribution in [0.1, 0.15) is 58.3 Å². The maximum Gasteiger partial charge on any atom is 0.236 e. The van der Waals surface area contributed by atoms with Crippen LogP contribution in [0.15, 0.2) is 0 Å². The largest absolute Gasteiger partial charge is 0.339 e. The van der Waals surface area contributed by atoms with Gasteiger partial charge in [-0.15, -0.1) is 0 Å². The van der Waals surface area contributed by atoms with Gasteiger partial charge in [-0.3, -0.25) is 14.6 Å². The summed E-state index contributed by atoms with van der Waals surface area (Å²) in [7, 11) is 0. The summed E-state index contributed by atoms with van der Waals surface area (Å²) in [6.45, 7) is 8.33. The van der Waals surface area contributed by atoms with E-state index in [-0.39, 0.29) is 0 Å². The van der Waals surface area contributed by atoms with E-state index in [2.05, 4.69) is 21.6 Å². The van der Waals surface area contributed by atoms with E-state index in [1.165, 1.54) is 44.9 Å². The van der Waals surface area contributed by atoms with Crippen molar-refractivity contribution in [1.82, 2.24) is 14.7 Å². The molecule has 4 heteroatoms. The number of hydrogen-bond donors (Lipinski definition) is 0. The van der Waals surface area contributed by atoms with E-state index in [1.54, 1.807) is 0 Å². The van der Waals surface area contributed by atoms with Crippen molar-refractivity contribution < 1.29 is 4.79 Å². The first-order chi connectivity index (χ1) is 10.8. The molecular formula is C18H33N3O. The van der Waals surface area contributed by atoms with Crippen LogP contribution >= 0.6 is 0 Å².